The summed E-state index contributed by atoms with van der Waals surface area (Å²) in [6.07, 6.45) is 0. The number of hydrogen-bond donors (Lipinski definition) is 2. The summed E-state index contributed by atoms with van der Waals surface area (Å²) >= 11 is 0. The summed E-state index contributed by atoms with van der Waals surface area (Å²) in [5.41, 5.74) is 1.54. The molecule has 0 unspecified atom stereocenters. The highest BCUT2D eigenvalue weighted by Crippen LogP contribution is 2.26. The third kappa shape index (κ3) is 2.74. The van der Waals surface area contributed by atoms with E-state index in [1.165, 1.54) is 12.1 Å². The lowest BCUT2D eigenvalue weighted by Gasteiger charge is -2.12. The molecule has 3 aromatic rings. The molecule has 3 rings (SSSR count). The maximum absolute atomic E-state index is 11.6. The lowest BCUT2D eigenvalue weighted by molar-refractivity contribution is 0.416. The topological polar surface area (TPSA) is 71.7 Å². The minimum atomic E-state index is -0.449. The van der Waals surface area contributed by atoms with Gasteiger partial charge in [-0.25, -0.2) is 4.79 Å². The molecule has 0 amide bonds. The average molecular weight is 297 g/mol. The van der Waals surface area contributed by atoms with Crippen LogP contribution >= 0.6 is 0 Å². The largest absolute Gasteiger partial charge is 0.508 e. The predicted molar refractivity (Wildman–Crippen MR) is 84.5 cm³/mol. The van der Waals surface area contributed by atoms with Crippen molar-refractivity contribution in [3.8, 4) is 11.5 Å². The lowest BCUT2D eigenvalue weighted by Crippen LogP contribution is -2.06. The van der Waals surface area contributed by atoms with Crippen LogP contribution in [-0.2, 0) is 6.54 Å². The van der Waals surface area contributed by atoms with Crippen molar-refractivity contribution in [2.75, 3.05) is 12.4 Å². The Balaban J connectivity index is 1.95. The Morgan fingerprint density at radius 1 is 1.18 bits per heavy atom. The van der Waals surface area contributed by atoms with Crippen LogP contribution in [0.3, 0.4) is 0 Å². The van der Waals surface area contributed by atoms with Crippen LogP contribution < -0.4 is 15.7 Å². The fraction of sp³-hybridized carbons (Fsp3) is 0.118. The van der Waals surface area contributed by atoms with E-state index in [1.807, 2.05) is 24.3 Å². The van der Waals surface area contributed by atoms with Gasteiger partial charge in [-0.05, 0) is 29.8 Å². The van der Waals surface area contributed by atoms with E-state index in [4.69, 9.17) is 9.15 Å². The molecule has 1 aromatic heterocycles. The number of methoxy groups -OCH3 is 1. The second kappa shape index (κ2) is 5.81. The Labute approximate surface area is 126 Å². The summed E-state index contributed by atoms with van der Waals surface area (Å²) in [6, 6.07) is 13.7. The van der Waals surface area contributed by atoms with E-state index in [-0.39, 0.29) is 5.75 Å². The number of aromatic hydroxyl groups is 1. The fourth-order valence-corrected chi connectivity index (χ4v) is 2.35. The molecule has 0 fully saturated rings. The number of benzene rings is 2. The van der Waals surface area contributed by atoms with Crippen molar-refractivity contribution in [3.63, 3.8) is 0 Å². The third-order valence-electron chi connectivity index (χ3n) is 3.39. The van der Waals surface area contributed by atoms with Gasteiger partial charge in [-0.3, -0.25) is 0 Å². The molecule has 22 heavy (non-hydrogen) atoms. The number of phenolic OH excluding ortho intramolecular Hbond substituents is 1. The number of phenols is 1. The van der Waals surface area contributed by atoms with Gasteiger partial charge in [-0.1, -0.05) is 12.1 Å². The molecule has 0 bridgehead atoms. The average Bonchev–Trinajstić information content (AvgIpc) is 2.52. The van der Waals surface area contributed by atoms with E-state index in [1.54, 1.807) is 19.2 Å². The van der Waals surface area contributed by atoms with Crippen molar-refractivity contribution in [2.24, 2.45) is 0 Å². The van der Waals surface area contributed by atoms with E-state index < -0.39 is 5.63 Å². The Bertz CT molecular complexity index is 870. The monoisotopic (exact) mass is 297 g/mol. The molecule has 0 atom stereocenters. The van der Waals surface area contributed by atoms with Gasteiger partial charge in [0.05, 0.1) is 12.8 Å². The summed E-state index contributed by atoms with van der Waals surface area (Å²) in [5, 5.41) is 13.5. The SMILES string of the molecule is COc1ccccc1NCc1cc(=O)oc2cc(O)ccc12. The lowest BCUT2D eigenvalue weighted by atomic mass is 10.1. The molecule has 0 aliphatic carbocycles. The quantitative estimate of drug-likeness (QED) is 0.724. The number of rotatable bonds is 4. The molecule has 1 heterocycles. The zero-order chi connectivity index (χ0) is 15.5. The van der Waals surface area contributed by atoms with Gasteiger partial charge in [-0.15, -0.1) is 0 Å². The van der Waals surface area contributed by atoms with Crippen molar-refractivity contribution >= 4 is 16.7 Å². The molecule has 5 heteroatoms. The first-order valence-electron chi connectivity index (χ1n) is 6.80. The van der Waals surface area contributed by atoms with Gasteiger partial charge in [0.2, 0.25) is 0 Å². The minimum absolute atomic E-state index is 0.0606. The number of nitrogens with one attached hydrogen (secondary N) is 1. The van der Waals surface area contributed by atoms with Crippen LogP contribution in [0.5, 0.6) is 11.5 Å². The Morgan fingerprint density at radius 2 is 2.00 bits per heavy atom. The molecule has 0 saturated heterocycles. The predicted octanol–water partition coefficient (Wildman–Crippen LogP) is 3.12. The second-order valence-electron chi connectivity index (χ2n) is 4.82. The van der Waals surface area contributed by atoms with Gasteiger partial charge in [0.25, 0.3) is 0 Å². The van der Waals surface area contributed by atoms with Crippen molar-refractivity contribution in [1.82, 2.24) is 0 Å². The van der Waals surface area contributed by atoms with E-state index >= 15 is 0 Å². The Kier molecular flexibility index (Phi) is 3.70. The first-order valence-corrected chi connectivity index (χ1v) is 6.80. The first kappa shape index (κ1) is 14.0. The molecule has 2 N–H and O–H groups in total. The van der Waals surface area contributed by atoms with Crippen LogP contribution in [0.25, 0.3) is 11.0 Å². The standard InChI is InChI=1S/C17H15NO4/c1-21-15-5-3-2-4-14(15)18-10-11-8-17(20)22-16-9-12(19)6-7-13(11)16/h2-9,18-19H,10H2,1H3. The van der Waals surface area contributed by atoms with Gasteiger partial charge in [0, 0.05) is 24.1 Å². The number of anilines is 1. The van der Waals surface area contributed by atoms with Gasteiger partial charge >= 0.3 is 5.63 Å². The van der Waals surface area contributed by atoms with Gasteiger partial charge in [-0.2, -0.15) is 0 Å². The highest BCUT2D eigenvalue weighted by molar-refractivity contribution is 5.81. The molecule has 0 saturated carbocycles. The van der Waals surface area contributed by atoms with Crippen molar-refractivity contribution in [3.05, 3.63) is 64.5 Å². The summed E-state index contributed by atoms with van der Waals surface area (Å²) in [6.45, 7) is 0.438. The molecule has 0 spiro atoms. The number of hydrogen-bond acceptors (Lipinski definition) is 5. The van der Waals surface area contributed by atoms with Crippen LogP contribution in [0.4, 0.5) is 5.69 Å². The van der Waals surface area contributed by atoms with E-state index in [0.29, 0.717) is 12.1 Å². The number of ether oxygens (including phenoxy) is 1. The highest BCUT2D eigenvalue weighted by atomic mass is 16.5. The van der Waals surface area contributed by atoms with Gasteiger partial charge in [0.15, 0.2) is 0 Å². The zero-order valence-electron chi connectivity index (χ0n) is 12.0. The fourth-order valence-electron chi connectivity index (χ4n) is 2.35. The number of fused-ring (bicyclic) bond motifs is 1. The van der Waals surface area contributed by atoms with Crippen molar-refractivity contribution in [2.45, 2.75) is 6.54 Å². The first-order chi connectivity index (χ1) is 10.7. The van der Waals surface area contributed by atoms with Gasteiger partial charge in [0.1, 0.15) is 17.1 Å². The summed E-state index contributed by atoms with van der Waals surface area (Å²) in [7, 11) is 1.61. The molecule has 0 aliphatic heterocycles. The second-order valence-corrected chi connectivity index (χ2v) is 4.82. The third-order valence-corrected chi connectivity index (χ3v) is 3.39. The molecule has 5 nitrogen and oxygen atoms in total. The Hall–Kier alpha value is -2.95. The molecule has 0 aliphatic rings. The highest BCUT2D eigenvalue weighted by Gasteiger charge is 2.08. The van der Waals surface area contributed by atoms with Crippen LogP contribution in [0.2, 0.25) is 0 Å². The molecule has 0 radical (unpaired) electrons. The summed E-state index contributed by atoms with van der Waals surface area (Å²) in [4.78, 5) is 11.6. The van der Waals surface area contributed by atoms with Crippen LogP contribution in [-0.4, -0.2) is 12.2 Å². The van der Waals surface area contributed by atoms with E-state index in [2.05, 4.69) is 5.32 Å². The van der Waals surface area contributed by atoms with Crippen molar-refractivity contribution < 1.29 is 14.3 Å². The molecule has 112 valence electrons. The zero-order valence-corrected chi connectivity index (χ0v) is 12.0. The maximum Gasteiger partial charge on any atom is 0.336 e. The smallest absolute Gasteiger partial charge is 0.336 e. The Morgan fingerprint density at radius 3 is 2.82 bits per heavy atom. The normalized spacial score (nSPS) is 10.6. The summed E-state index contributed by atoms with van der Waals surface area (Å²) in [5.74, 6) is 0.790. The van der Waals surface area contributed by atoms with Crippen molar-refractivity contribution in [1.29, 1.82) is 0 Å². The van der Waals surface area contributed by atoms with E-state index in [9.17, 15) is 9.90 Å². The molecular weight excluding hydrogens is 282 g/mol. The van der Waals surface area contributed by atoms with Gasteiger partial charge < -0.3 is 19.6 Å². The molecule has 2 aromatic carbocycles. The van der Waals surface area contributed by atoms with Crippen LogP contribution in [0.1, 0.15) is 5.56 Å². The van der Waals surface area contributed by atoms with E-state index in [0.717, 1.165) is 22.4 Å². The summed E-state index contributed by atoms with van der Waals surface area (Å²) < 4.78 is 10.4. The molecular formula is C17H15NO4. The maximum atomic E-state index is 11.6. The minimum Gasteiger partial charge on any atom is -0.508 e. The van der Waals surface area contributed by atoms with Crippen LogP contribution in [0.15, 0.2) is 57.7 Å². The van der Waals surface area contributed by atoms with Crippen LogP contribution in [0, 0.1) is 0 Å². The number of para-hydroxylation sites is 2.